The van der Waals surface area contributed by atoms with E-state index < -0.39 is 88.8 Å². The fourth-order valence-corrected chi connectivity index (χ4v) is 12.6. The molecule has 3 unspecified atom stereocenters. The molecule has 7 aromatic rings. The number of benzene rings is 6. The maximum Gasteiger partial charge on any atom is 0.355 e. The third kappa shape index (κ3) is 14.7. The number of methoxy groups -OCH3 is 3. The Balaban J connectivity index is 0.930. The lowest BCUT2D eigenvalue weighted by Crippen LogP contribution is -2.70. The molecule has 1 fully saturated rings. The smallest absolute Gasteiger partial charge is 0.355 e. The molecular formula is C66H65F2N6O12S2+. The van der Waals surface area contributed by atoms with Crippen LogP contribution in [0.2, 0.25) is 0 Å². The predicted molar refractivity (Wildman–Crippen MR) is 328 cm³/mol. The number of nitrogens with zero attached hydrogens (tertiary/aromatic N) is 4. The van der Waals surface area contributed by atoms with E-state index in [2.05, 4.69) is 19.7 Å². The predicted octanol–water partition coefficient (Wildman–Crippen LogP) is 9.48. The highest BCUT2D eigenvalue weighted by Gasteiger charge is 2.54. The van der Waals surface area contributed by atoms with Crippen molar-refractivity contribution in [1.82, 2.24) is 15.5 Å². The first-order valence-electron chi connectivity index (χ1n) is 28.1. The quantitative estimate of drug-likeness (QED) is 0.00858. The number of carbonyl (C=O) groups is 3. The average Bonchev–Trinajstić information content (AvgIpc) is 0.880. The van der Waals surface area contributed by atoms with Gasteiger partial charge in [-0.3, -0.25) is 14.5 Å². The molecule has 4 heterocycles. The van der Waals surface area contributed by atoms with Gasteiger partial charge in [0.2, 0.25) is 22.9 Å². The number of halogens is 2. The standard InChI is InChI=1S/C66H64F2N6O12S2/c1-78-33-35-81-43-84-60-54(67)37-48(57(68)61(60)85-44-82-36-34-79-2)40-86-72-88-42-52(69-65(88)71-66(49-20-7-4-8-21-49,50-22-9-5-10-23-50)51-24-11-6-12-25-51)38-56(75)70-58-62(76)74-59(64(77)83-39-45-27-29-53(80-3)30-28-45)47(41-87-63(58)74)19-16-32-73-31-15-18-46-17-13-14-26-55(46)73/h4-31,37,42,58,63H,32-36,38-41,43-44H2,1-3H3,(H-,69,70,71,75)/p+1. The van der Waals surface area contributed by atoms with E-state index in [0.717, 1.165) is 39.2 Å². The number of para-hydroxylation sites is 1. The number of aliphatic imine (C=N–C) groups is 1. The SMILES string of the molecule is COCCOCOc1c(F)cc(CON=S2C=C(CC(=O)NC3C(=O)N4C(C(=O)OCc5ccc(OC)cc5)=C(C=CC[n+]5cccc6ccccc65)CSC34)NC2=NC(c2ccccc2)(c2ccccc2)c2ccccc2)c(F)c1OCOCCOC. The molecule has 0 aliphatic carbocycles. The summed E-state index contributed by atoms with van der Waals surface area (Å²) in [4.78, 5) is 55.9. The normalized spacial score (nSPS) is 17.0. The van der Waals surface area contributed by atoms with Gasteiger partial charge in [-0.25, -0.2) is 23.4 Å². The number of amidine groups is 1. The van der Waals surface area contributed by atoms with Gasteiger partial charge in [-0.15, -0.1) is 11.8 Å². The molecule has 2 amide bonds. The van der Waals surface area contributed by atoms with Gasteiger partial charge in [0.15, 0.2) is 43.1 Å². The Kier molecular flexibility index (Phi) is 21.5. The molecule has 0 bridgehead atoms. The molecule has 1 saturated heterocycles. The number of carbonyl (C=O) groups excluding carboxylic acids is 3. The highest BCUT2D eigenvalue weighted by molar-refractivity contribution is 8.05. The Bertz CT molecular complexity index is 3650. The summed E-state index contributed by atoms with van der Waals surface area (Å²) in [6, 6.07) is 48.2. The van der Waals surface area contributed by atoms with E-state index in [-0.39, 0.29) is 55.9 Å². The molecule has 22 heteroatoms. The number of fused-ring (bicyclic) bond motifs is 2. The van der Waals surface area contributed by atoms with Crippen molar-refractivity contribution in [3.8, 4) is 17.2 Å². The molecule has 0 spiro atoms. The lowest BCUT2D eigenvalue weighted by atomic mass is 9.77. The van der Waals surface area contributed by atoms with Crippen LogP contribution in [0, 0.1) is 11.6 Å². The molecule has 3 aliphatic heterocycles. The topological polar surface area (TPSA) is 190 Å². The monoisotopic (exact) mass is 1240 g/mol. The first-order valence-corrected chi connectivity index (χ1v) is 30.4. The summed E-state index contributed by atoms with van der Waals surface area (Å²) in [5.74, 6) is -3.80. The highest BCUT2D eigenvalue weighted by atomic mass is 32.2. The van der Waals surface area contributed by atoms with E-state index in [4.69, 9.17) is 47.7 Å². The lowest BCUT2D eigenvalue weighted by Gasteiger charge is -2.49. The summed E-state index contributed by atoms with van der Waals surface area (Å²) in [6.07, 6.45) is 5.50. The molecule has 0 radical (unpaired) electrons. The van der Waals surface area contributed by atoms with Crippen LogP contribution in [-0.2, 0) is 78.9 Å². The van der Waals surface area contributed by atoms with Gasteiger partial charge < -0.3 is 48.5 Å². The largest absolute Gasteiger partial charge is 0.497 e. The fourth-order valence-electron chi connectivity index (χ4n) is 10.1. The van der Waals surface area contributed by atoms with Crippen LogP contribution in [0.15, 0.2) is 208 Å². The molecule has 6 aromatic carbocycles. The minimum Gasteiger partial charge on any atom is -0.497 e. The van der Waals surface area contributed by atoms with Crippen LogP contribution < -0.4 is 29.4 Å². The van der Waals surface area contributed by atoms with Gasteiger partial charge in [0.1, 0.15) is 41.6 Å². The van der Waals surface area contributed by atoms with Crippen LogP contribution in [0.3, 0.4) is 0 Å². The third-order valence-electron chi connectivity index (χ3n) is 14.4. The molecule has 3 atom stereocenters. The van der Waals surface area contributed by atoms with Crippen molar-refractivity contribution in [2.24, 2.45) is 9.52 Å². The first kappa shape index (κ1) is 62.4. The van der Waals surface area contributed by atoms with Crippen molar-refractivity contribution in [2.75, 3.05) is 67.1 Å². The Morgan fingerprint density at radius 1 is 0.784 bits per heavy atom. The number of allylic oxidation sites excluding steroid dienone is 2. The number of aromatic nitrogens is 1. The summed E-state index contributed by atoms with van der Waals surface area (Å²) in [5, 5.41) is 8.69. The molecule has 1 aromatic heterocycles. The fraction of sp³-hybridized carbons (Fsp3) is 0.258. The van der Waals surface area contributed by atoms with Crippen molar-refractivity contribution < 1.29 is 70.5 Å². The summed E-state index contributed by atoms with van der Waals surface area (Å²) >= 11 is 1.42. The molecule has 0 saturated carbocycles. The van der Waals surface area contributed by atoms with E-state index in [1.165, 1.54) is 30.9 Å². The maximum absolute atomic E-state index is 16.5. The zero-order chi connectivity index (χ0) is 61.2. The number of hydrogen-bond donors (Lipinski definition) is 2. The van der Waals surface area contributed by atoms with Crippen LogP contribution in [-0.4, -0.2) is 106 Å². The second-order valence-corrected chi connectivity index (χ2v) is 22.5. The molecule has 88 heavy (non-hydrogen) atoms. The number of amides is 2. The van der Waals surface area contributed by atoms with E-state index in [9.17, 15) is 14.4 Å². The molecule has 18 nitrogen and oxygen atoms in total. The zero-order valence-electron chi connectivity index (χ0n) is 48.5. The molecule has 456 valence electrons. The highest BCUT2D eigenvalue weighted by Crippen LogP contribution is 2.43. The van der Waals surface area contributed by atoms with Gasteiger partial charge in [0.25, 0.3) is 5.91 Å². The van der Waals surface area contributed by atoms with Crippen molar-refractivity contribution in [3.63, 3.8) is 0 Å². The molecule has 3 aliphatic rings. The van der Waals surface area contributed by atoms with E-state index in [1.807, 2.05) is 146 Å². The van der Waals surface area contributed by atoms with E-state index in [1.54, 1.807) is 36.8 Å². The van der Waals surface area contributed by atoms with E-state index in [0.29, 0.717) is 29.3 Å². The van der Waals surface area contributed by atoms with Crippen LogP contribution >= 0.6 is 11.8 Å². The Hall–Kier alpha value is -8.61. The number of ether oxygens (including phenoxy) is 8. The summed E-state index contributed by atoms with van der Waals surface area (Å²) < 4.78 is 82.2. The van der Waals surface area contributed by atoms with Crippen LogP contribution in [0.4, 0.5) is 8.78 Å². The van der Waals surface area contributed by atoms with Crippen LogP contribution in [0.1, 0.15) is 34.2 Å². The Morgan fingerprint density at radius 3 is 2.06 bits per heavy atom. The molecule has 10 rings (SSSR count). The van der Waals surface area contributed by atoms with Gasteiger partial charge in [0.05, 0.1) is 40.0 Å². The van der Waals surface area contributed by atoms with Gasteiger partial charge in [-0.2, -0.15) is 4.57 Å². The van der Waals surface area contributed by atoms with Crippen molar-refractivity contribution in [3.05, 3.63) is 238 Å². The zero-order valence-corrected chi connectivity index (χ0v) is 50.1. The van der Waals surface area contributed by atoms with Crippen molar-refractivity contribution in [2.45, 2.75) is 43.1 Å². The average molecular weight is 1240 g/mol. The van der Waals surface area contributed by atoms with E-state index >= 15 is 8.78 Å². The van der Waals surface area contributed by atoms with Crippen LogP contribution in [0.25, 0.3) is 10.9 Å². The van der Waals surface area contributed by atoms with Gasteiger partial charge in [-0.1, -0.05) is 126 Å². The Morgan fingerprint density at radius 2 is 1.41 bits per heavy atom. The summed E-state index contributed by atoms with van der Waals surface area (Å²) in [6.45, 7) is -0.326. The van der Waals surface area contributed by atoms with Gasteiger partial charge in [0, 0.05) is 64.9 Å². The number of β-lactam (4-membered cyclic amide) rings is 1. The summed E-state index contributed by atoms with van der Waals surface area (Å²) in [5.41, 5.74) is 3.75. The number of nitrogens with one attached hydrogen (secondary N) is 2. The second-order valence-electron chi connectivity index (χ2n) is 20.0. The number of rotatable bonds is 29. The minimum absolute atomic E-state index is 0.0586. The van der Waals surface area contributed by atoms with Crippen molar-refractivity contribution in [1.29, 1.82) is 0 Å². The summed E-state index contributed by atoms with van der Waals surface area (Å²) in [7, 11) is 3.11. The first-order chi connectivity index (χ1) is 43.1. The van der Waals surface area contributed by atoms with Crippen LogP contribution in [0.5, 0.6) is 17.2 Å². The van der Waals surface area contributed by atoms with Gasteiger partial charge >= 0.3 is 5.97 Å². The lowest BCUT2D eigenvalue weighted by molar-refractivity contribution is -0.661. The maximum atomic E-state index is 16.5. The number of pyridine rings is 1. The third-order valence-corrected chi connectivity index (χ3v) is 17.0. The van der Waals surface area contributed by atoms with Crippen molar-refractivity contribution >= 4 is 56.3 Å². The minimum atomic E-state index is -1.44. The Labute approximate surface area is 514 Å². The molecule has 2 N–H and O–H groups in total. The van der Waals surface area contributed by atoms with Gasteiger partial charge in [-0.05, 0) is 64.2 Å². The number of thioether (sulfide) groups is 1. The second kappa shape index (κ2) is 30.3. The number of esters is 1. The number of hydrogen-bond acceptors (Lipinski definition) is 15. The molecular weight excluding hydrogens is 1170 g/mol.